The number of nitriles is 1. The molecule has 2 heterocycles. The van der Waals surface area contributed by atoms with E-state index in [4.69, 9.17) is 15.7 Å². The number of carbonyl (C=O) groups excluding carboxylic acids is 2. The Morgan fingerprint density at radius 1 is 1.26 bits per heavy atom. The summed E-state index contributed by atoms with van der Waals surface area (Å²) in [5.41, 5.74) is 7.05. The van der Waals surface area contributed by atoms with E-state index in [0.717, 1.165) is 31.7 Å². The van der Waals surface area contributed by atoms with Crippen LogP contribution in [0.2, 0.25) is 0 Å². The molecule has 2 aliphatic carbocycles. The summed E-state index contributed by atoms with van der Waals surface area (Å²) in [6.07, 6.45) is 6.26. The van der Waals surface area contributed by atoms with Crippen molar-refractivity contribution in [1.29, 1.82) is 5.26 Å². The van der Waals surface area contributed by atoms with Gasteiger partial charge in [-0.05, 0) is 68.4 Å². The molecule has 2 aliphatic rings. The van der Waals surface area contributed by atoms with Gasteiger partial charge in [0, 0.05) is 12.2 Å². The van der Waals surface area contributed by atoms with E-state index in [2.05, 4.69) is 15.4 Å². The van der Waals surface area contributed by atoms with Crippen molar-refractivity contribution >= 4 is 11.8 Å². The number of aromatic nitrogens is 3. The Morgan fingerprint density at radius 3 is 2.71 bits per heavy atom. The molecule has 2 saturated carbocycles. The summed E-state index contributed by atoms with van der Waals surface area (Å²) in [4.78, 5) is 28.5. The number of pyridine rings is 1. The average Bonchev–Trinajstić information content (AvgIpc) is 3.17. The Morgan fingerprint density at radius 2 is 2.03 bits per heavy atom. The highest BCUT2D eigenvalue weighted by Gasteiger charge is 2.54. The lowest BCUT2D eigenvalue weighted by Crippen LogP contribution is -2.58. The van der Waals surface area contributed by atoms with Gasteiger partial charge in [0.05, 0.1) is 29.1 Å². The number of nitrogens with one attached hydrogen (secondary N) is 1. The Bertz CT molecular complexity index is 1360. The third-order valence-corrected chi connectivity index (χ3v) is 6.89. The van der Waals surface area contributed by atoms with Crippen molar-refractivity contribution in [2.24, 2.45) is 11.1 Å². The first-order valence-corrected chi connectivity index (χ1v) is 11.3. The standard InChI is InChI=1S/C25H23FN6O3/c1-14-19(13-30-32(14)21-5-4-15(12-27)7-20(21)26)23(34)31-16-8-25(9-16)10-17(11-25)35-24-18(22(28)33)3-2-6-29-24/h2-7,13,16-17H,8-11H2,1H3,(H2,28,33)(H,31,34). The highest BCUT2D eigenvalue weighted by atomic mass is 19.1. The molecule has 2 fully saturated rings. The van der Waals surface area contributed by atoms with E-state index in [0.29, 0.717) is 11.3 Å². The molecule has 1 spiro atoms. The molecule has 35 heavy (non-hydrogen) atoms. The normalized spacial score (nSPS) is 22.5. The maximum atomic E-state index is 14.4. The van der Waals surface area contributed by atoms with Crippen molar-refractivity contribution in [1.82, 2.24) is 20.1 Å². The van der Waals surface area contributed by atoms with Crippen molar-refractivity contribution in [3.8, 4) is 17.6 Å². The number of nitrogens with two attached hydrogens (primary N) is 1. The van der Waals surface area contributed by atoms with Crippen molar-refractivity contribution < 1.29 is 18.7 Å². The first kappa shape index (κ1) is 22.5. The van der Waals surface area contributed by atoms with Crippen LogP contribution in [0.3, 0.4) is 0 Å². The molecule has 2 amide bonds. The monoisotopic (exact) mass is 474 g/mol. The van der Waals surface area contributed by atoms with Crippen LogP contribution in [0, 0.1) is 29.5 Å². The van der Waals surface area contributed by atoms with Gasteiger partial charge in [-0.1, -0.05) is 0 Å². The summed E-state index contributed by atoms with van der Waals surface area (Å²) in [7, 11) is 0. The van der Waals surface area contributed by atoms with Crippen molar-refractivity contribution in [2.75, 3.05) is 0 Å². The van der Waals surface area contributed by atoms with Crippen LogP contribution in [0.1, 0.15) is 57.7 Å². The molecular formula is C25H23FN6O3. The zero-order valence-corrected chi connectivity index (χ0v) is 19.0. The topological polar surface area (TPSA) is 136 Å². The summed E-state index contributed by atoms with van der Waals surface area (Å²) in [5, 5.41) is 16.1. The van der Waals surface area contributed by atoms with Crippen LogP contribution in [0.5, 0.6) is 5.88 Å². The van der Waals surface area contributed by atoms with Gasteiger partial charge in [0.1, 0.15) is 23.2 Å². The third-order valence-electron chi connectivity index (χ3n) is 6.89. The molecule has 3 aromatic rings. The number of ether oxygens (including phenoxy) is 1. The van der Waals surface area contributed by atoms with E-state index in [1.165, 1.54) is 23.0 Å². The van der Waals surface area contributed by atoms with E-state index in [1.807, 2.05) is 6.07 Å². The fraction of sp³-hybridized carbons (Fsp3) is 0.320. The highest BCUT2D eigenvalue weighted by Crippen LogP contribution is 2.56. The molecule has 5 rings (SSSR count). The Kier molecular flexibility index (Phi) is 5.47. The van der Waals surface area contributed by atoms with Crippen LogP contribution in [-0.4, -0.2) is 38.7 Å². The molecule has 178 valence electrons. The molecule has 3 N–H and O–H groups in total. The van der Waals surface area contributed by atoms with Gasteiger partial charge in [-0.2, -0.15) is 10.4 Å². The quantitative estimate of drug-likeness (QED) is 0.564. The number of carbonyl (C=O) groups is 2. The van der Waals surface area contributed by atoms with E-state index < -0.39 is 11.7 Å². The van der Waals surface area contributed by atoms with Crippen LogP contribution >= 0.6 is 0 Å². The molecule has 2 aromatic heterocycles. The van der Waals surface area contributed by atoms with Gasteiger partial charge in [-0.3, -0.25) is 9.59 Å². The number of rotatable bonds is 6. The summed E-state index contributed by atoms with van der Waals surface area (Å²) in [6, 6.07) is 9.28. The second kappa shape index (κ2) is 8.51. The van der Waals surface area contributed by atoms with Gasteiger partial charge in [0.2, 0.25) is 5.88 Å². The largest absolute Gasteiger partial charge is 0.474 e. The van der Waals surface area contributed by atoms with Gasteiger partial charge >= 0.3 is 0 Å². The number of hydrogen-bond acceptors (Lipinski definition) is 6. The van der Waals surface area contributed by atoms with Gasteiger partial charge in [-0.25, -0.2) is 14.1 Å². The summed E-state index contributed by atoms with van der Waals surface area (Å²) in [6.45, 7) is 1.70. The predicted molar refractivity (Wildman–Crippen MR) is 122 cm³/mol. The Labute approximate surface area is 200 Å². The van der Waals surface area contributed by atoms with Gasteiger partial charge in [-0.15, -0.1) is 0 Å². The SMILES string of the molecule is Cc1c(C(=O)NC2CC3(C2)CC(Oc2ncccc2C(N)=O)C3)cnn1-c1ccc(C#N)cc1F. The minimum Gasteiger partial charge on any atom is -0.474 e. The van der Waals surface area contributed by atoms with Gasteiger partial charge in [0.25, 0.3) is 11.8 Å². The maximum absolute atomic E-state index is 14.4. The number of benzene rings is 1. The van der Waals surface area contributed by atoms with E-state index >= 15 is 0 Å². The molecule has 1 aromatic carbocycles. The molecular weight excluding hydrogens is 451 g/mol. The second-order valence-electron chi connectivity index (χ2n) is 9.28. The van der Waals surface area contributed by atoms with E-state index in [1.54, 1.807) is 25.3 Å². The molecule has 0 aliphatic heterocycles. The lowest BCUT2D eigenvalue weighted by molar-refractivity contribution is -0.0848. The number of primary amides is 1. The molecule has 0 radical (unpaired) electrons. The zero-order chi connectivity index (χ0) is 24.7. The lowest BCUT2D eigenvalue weighted by Gasteiger charge is -2.57. The molecule has 0 atom stereocenters. The third kappa shape index (κ3) is 4.10. The van der Waals surface area contributed by atoms with Gasteiger partial charge < -0.3 is 15.8 Å². The highest BCUT2D eigenvalue weighted by molar-refractivity contribution is 5.95. The molecule has 0 saturated heterocycles. The van der Waals surface area contributed by atoms with Crippen LogP contribution in [-0.2, 0) is 0 Å². The summed E-state index contributed by atoms with van der Waals surface area (Å²) < 4.78 is 21.6. The smallest absolute Gasteiger partial charge is 0.254 e. The number of halogens is 1. The zero-order valence-electron chi connectivity index (χ0n) is 19.0. The summed E-state index contributed by atoms with van der Waals surface area (Å²) in [5.74, 6) is -1.16. The average molecular weight is 474 g/mol. The Balaban J connectivity index is 1.16. The maximum Gasteiger partial charge on any atom is 0.254 e. The first-order chi connectivity index (χ1) is 16.8. The fourth-order valence-corrected chi connectivity index (χ4v) is 5.13. The van der Waals surface area contributed by atoms with Crippen LogP contribution in [0.25, 0.3) is 5.69 Å². The van der Waals surface area contributed by atoms with Crippen LogP contribution in [0.15, 0.2) is 42.7 Å². The fourth-order valence-electron chi connectivity index (χ4n) is 5.13. The predicted octanol–water partition coefficient (Wildman–Crippen LogP) is 2.81. The molecule has 0 bridgehead atoms. The first-order valence-electron chi connectivity index (χ1n) is 11.3. The van der Waals surface area contributed by atoms with Crippen molar-refractivity contribution in [2.45, 2.75) is 44.8 Å². The van der Waals surface area contributed by atoms with E-state index in [-0.39, 0.29) is 46.2 Å². The second-order valence-corrected chi connectivity index (χ2v) is 9.28. The number of amides is 2. The van der Waals surface area contributed by atoms with Crippen molar-refractivity contribution in [3.63, 3.8) is 0 Å². The minimum atomic E-state index is -0.585. The number of hydrogen-bond donors (Lipinski definition) is 2. The number of nitrogens with zero attached hydrogens (tertiary/aromatic N) is 4. The molecule has 10 heteroatoms. The molecule has 0 unspecified atom stereocenters. The Hall–Kier alpha value is -4.26. The van der Waals surface area contributed by atoms with E-state index in [9.17, 15) is 14.0 Å². The van der Waals surface area contributed by atoms with Crippen LogP contribution in [0.4, 0.5) is 4.39 Å². The van der Waals surface area contributed by atoms with Crippen LogP contribution < -0.4 is 15.8 Å². The molecule has 9 nitrogen and oxygen atoms in total. The lowest BCUT2D eigenvalue weighted by atomic mass is 9.53. The van der Waals surface area contributed by atoms with Crippen molar-refractivity contribution in [3.05, 3.63) is 70.9 Å². The minimum absolute atomic E-state index is 0.0360. The van der Waals surface area contributed by atoms with Gasteiger partial charge in [0.15, 0.2) is 0 Å². The summed E-state index contributed by atoms with van der Waals surface area (Å²) >= 11 is 0.